The molecule has 0 bridgehead atoms. The van der Waals surface area contributed by atoms with Crippen molar-refractivity contribution in [2.24, 2.45) is 20.5 Å². The van der Waals surface area contributed by atoms with Crippen LogP contribution in [0.2, 0.25) is 0 Å². The first-order valence-corrected chi connectivity index (χ1v) is 16.6. The Morgan fingerprint density at radius 1 is 0.792 bits per heavy atom. The van der Waals surface area contributed by atoms with Crippen LogP contribution in [0.3, 0.4) is 0 Å². The van der Waals surface area contributed by atoms with Crippen LogP contribution in [-0.2, 0) is 30.1 Å². The number of aliphatic hydroxyl groups is 1. The number of benzene rings is 4. The van der Waals surface area contributed by atoms with E-state index in [0.29, 0.717) is 12.1 Å². The van der Waals surface area contributed by atoms with Gasteiger partial charge in [0.25, 0.3) is 10.1 Å². The first-order chi connectivity index (χ1) is 20.9. The number of carboxylic acids is 1. The van der Waals surface area contributed by atoms with Gasteiger partial charge in [-0.25, -0.2) is 16.8 Å². The normalized spacial score (nSPS) is 12.0. The molecule has 0 aliphatic rings. The van der Waals surface area contributed by atoms with E-state index < -0.39 is 91.8 Å². The van der Waals surface area contributed by atoms with Gasteiger partial charge >= 0.3 is 88.7 Å². The summed E-state index contributed by atoms with van der Waals surface area (Å²) in [5.41, 5.74) is 2.95. The van der Waals surface area contributed by atoms with Crippen molar-refractivity contribution in [3.8, 4) is 5.75 Å². The van der Waals surface area contributed by atoms with Crippen LogP contribution < -0.4 is 105 Å². The zero-order valence-electron chi connectivity index (χ0n) is 25.3. The molecule has 48 heavy (non-hydrogen) atoms. The number of nitrogen functional groups attached to an aromatic ring is 1. The van der Waals surface area contributed by atoms with E-state index in [-0.39, 0.29) is 111 Å². The average molecular weight is 746 g/mol. The predicted octanol–water partition coefficient (Wildman–Crippen LogP) is -7.38. The summed E-state index contributed by atoms with van der Waals surface area (Å²) < 4.78 is 94.7. The largest absolute Gasteiger partial charge is 1.00 e. The number of azo groups is 2. The molecule has 0 aliphatic heterocycles. The summed E-state index contributed by atoms with van der Waals surface area (Å²) in [6.07, 6.45) is 0. The molecule has 0 unspecified atom stereocenters. The summed E-state index contributed by atoms with van der Waals surface area (Å²) in [5, 5.41) is 47.1. The van der Waals surface area contributed by atoms with E-state index in [2.05, 4.69) is 20.5 Å². The molecule has 0 radical (unpaired) electrons. The number of hydrogen-bond acceptors (Lipinski definition) is 16. The zero-order valence-corrected chi connectivity index (χ0v) is 33.7. The molecule has 17 nitrogen and oxygen atoms in total. The summed E-state index contributed by atoms with van der Waals surface area (Å²) in [6.45, 7) is -0.621. The maximum absolute atomic E-state index is 13.5. The molecule has 4 aromatic rings. The molecule has 0 saturated carbocycles. The number of anilines is 1. The molecule has 0 spiro atoms. The number of aliphatic hydroxyl groups excluding tert-OH is 1. The Balaban J connectivity index is 0.00000384. The summed E-state index contributed by atoms with van der Waals surface area (Å²) in [6, 6.07) is 10.5. The van der Waals surface area contributed by atoms with Crippen LogP contribution in [0.1, 0.15) is 10.4 Å². The maximum Gasteiger partial charge on any atom is 1.00 e. The zero-order chi connectivity index (χ0) is 33.3. The van der Waals surface area contributed by atoms with E-state index in [1.165, 1.54) is 30.3 Å². The second kappa shape index (κ2) is 17.4. The Kier molecular flexibility index (Phi) is 16.0. The Morgan fingerprint density at radius 3 is 1.90 bits per heavy atom. The third-order valence-corrected chi connectivity index (χ3v) is 9.44. The van der Waals surface area contributed by atoms with Crippen LogP contribution in [-0.4, -0.2) is 57.8 Å². The van der Waals surface area contributed by atoms with Crippen molar-refractivity contribution in [3.63, 3.8) is 0 Å². The van der Waals surface area contributed by atoms with E-state index in [0.717, 1.165) is 18.2 Å². The van der Waals surface area contributed by atoms with Crippen molar-refractivity contribution in [3.05, 3.63) is 66.2 Å². The van der Waals surface area contributed by atoms with Crippen LogP contribution in [0.4, 0.5) is 28.4 Å². The van der Waals surface area contributed by atoms with Crippen molar-refractivity contribution >= 4 is 75.3 Å². The van der Waals surface area contributed by atoms with Crippen LogP contribution in [0.5, 0.6) is 5.75 Å². The number of carboxylic acid groups (broad SMARTS) is 1. The van der Waals surface area contributed by atoms with Gasteiger partial charge in [-0.3, -0.25) is 4.55 Å². The van der Waals surface area contributed by atoms with E-state index in [9.17, 15) is 49.4 Å². The monoisotopic (exact) mass is 745 g/mol. The van der Waals surface area contributed by atoms with Gasteiger partial charge in [-0.1, -0.05) is 17.9 Å². The number of fused-ring (bicyclic) bond motifs is 1. The fraction of sp³-hybridized carbons (Fsp3) is 0.0800. The number of rotatable bonds is 10. The molecular weight excluding hydrogens is 727 g/mol. The fourth-order valence-corrected chi connectivity index (χ4v) is 6.29. The first kappa shape index (κ1) is 44.2. The first-order valence-electron chi connectivity index (χ1n) is 12.1. The quantitative estimate of drug-likeness (QED) is 0.0589. The van der Waals surface area contributed by atoms with Gasteiger partial charge in [0.15, 0.2) is 9.84 Å². The minimum atomic E-state index is -5.41. The molecule has 0 aliphatic carbocycles. The number of hydrogen-bond donors (Lipinski definition) is 3. The molecule has 0 atom stereocenters. The number of carbonyl (C=O) groups excluding carboxylic acids is 1. The molecule has 0 heterocycles. The van der Waals surface area contributed by atoms with Gasteiger partial charge in [-0.15, -0.1) is 10.2 Å². The van der Waals surface area contributed by atoms with Gasteiger partial charge in [-0.05, 0) is 59.5 Å². The second-order valence-corrected chi connectivity index (χ2v) is 13.8. The standard InChI is InChI=1S/C25H21N5O12S3.3Na/c26-21-20-14(12-19(45(40,41)42)23(24(20)32)30-28-16-3-1-2-13(10-16)25(33)34)11-18(44(37,38)39)22(21)29-27-15-4-6-17(7-5-15)43(35,36)9-8-31;;;/h1-7,10-12,31-32H,8-9,26H2,(H,33,34)(H,37,38,39)(H,40,41,42);;;/q;3*+1/p-3. The topological polar surface area (TPSA) is 305 Å². The van der Waals surface area contributed by atoms with Gasteiger partial charge in [-0.2, -0.15) is 18.6 Å². The van der Waals surface area contributed by atoms with Crippen molar-refractivity contribution < 1.29 is 143 Å². The number of nitrogens with two attached hydrogens (primary N) is 1. The molecule has 0 fully saturated rings. The Morgan fingerprint density at radius 2 is 1.35 bits per heavy atom. The van der Waals surface area contributed by atoms with Gasteiger partial charge < -0.3 is 30.4 Å². The van der Waals surface area contributed by atoms with Crippen LogP contribution in [0, 0.1) is 0 Å². The van der Waals surface area contributed by atoms with Crippen LogP contribution >= 0.6 is 0 Å². The molecule has 0 amide bonds. The van der Waals surface area contributed by atoms with Crippen LogP contribution in [0.15, 0.2) is 95.8 Å². The van der Waals surface area contributed by atoms with Crippen LogP contribution in [0.25, 0.3) is 10.8 Å². The van der Waals surface area contributed by atoms with E-state index in [1.807, 2.05) is 0 Å². The Labute approximate surface area is 339 Å². The molecule has 0 aromatic heterocycles. The third kappa shape index (κ3) is 10.1. The van der Waals surface area contributed by atoms with E-state index >= 15 is 0 Å². The average Bonchev–Trinajstić information content (AvgIpc) is 2.95. The van der Waals surface area contributed by atoms with E-state index in [1.54, 1.807) is 0 Å². The van der Waals surface area contributed by atoms with Gasteiger partial charge in [0.1, 0.15) is 20.7 Å². The maximum atomic E-state index is 13.5. The minimum absolute atomic E-state index is 0. The van der Waals surface area contributed by atoms with Gasteiger partial charge in [0.2, 0.25) is 0 Å². The van der Waals surface area contributed by atoms with Crippen molar-refractivity contribution in [1.82, 2.24) is 0 Å². The SMILES string of the molecule is Nc1c(N=Nc2ccc(S(=O)(=O)CCO)cc2)c(S(=O)(=O)[O-])cc2cc(S(=O)(=O)O)c(N=Nc3cccc(C(=O)[O-])c3)c([O-])c12.[Na+].[Na+].[Na+]. The smallest absolute Gasteiger partial charge is 0.870 e. The molecule has 0 saturated heterocycles. The molecule has 23 heteroatoms. The summed E-state index contributed by atoms with van der Waals surface area (Å²) >= 11 is 0. The molecule has 4 rings (SSSR count). The Bertz CT molecular complexity index is 2250. The van der Waals surface area contributed by atoms with E-state index in [4.69, 9.17) is 10.8 Å². The van der Waals surface area contributed by atoms with Crippen molar-refractivity contribution in [2.75, 3.05) is 18.1 Å². The molecule has 4 N–H and O–H groups in total. The Hall–Kier alpha value is -1.86. The molecular formula is C25H18N5Na3O12S3. The number of aromatic carboxylic acids is 1. The number of carbonyl (C=O) groups is 1. The molecule has 4 aromatic carbocycles. The summed E-state index contributed by atoms with van der Waals surface area (Å²) in [7, 11) is -14.4. The van der Waals surface area contributed by atoms with Crippen molar-refractivity contribution in [1.29, 1.82) is 0 Å². The summed E-state index contributed by atoms with van der Waals surface area (Å²) in [5.74, 6) is -3.42. The van der Waals surface area contributed by atoms with Gasteiger partial charge in [0, 0.05) is 5.39 Å². The summed E-state index contributed by atoms with van der Waals surface area (Å²) in [4.78, 5) is 8.71. The third-order valence-electron chi connectivity index (χ3n) is 6.01. The fourth-order valence-electron chi connectivity index (χ4n) is 3.95. The molecule has 236 valence electrons. The van der Waals surface area contributed by atoms with Gasteiger partial charge in [0.05, 0.1) is 50.9 Å². The second-order valence-electron chi connectivity index (χ2n) is 8.99. The predicted molar refractivity (Wildman–Crippen MR) is 150 cm³/mol. The number of nitrogens with zero attached hydrogens (tertiary/aromatic N) is 4. The minimum Gasteiger partial charge on any atom is -0.870 e. The van der Waals surface area contributed by atoms with Crippen molar-refractivity contribution in [2.45, 2.75) is 14.7 Å². The number of sulfone groups is 1.